The van der Waals surface area contributed by atoms with E-state index < -0.39 is 10.0 Å². The maximum absolute atomic E-state index is 12.5. The van der Waals surface area contributed by atoms with Gasteiger partial charge >= 0.3 is 0 Å². The monoisotopic (exact) mass is 420 g/mol. The Hall–Kier alpha value is -3.12. The summed E-state index contributed by atoms with van der Waals surface area (Å²) in [7, 11) is -3.68. The molecule has 2 N–H and O–H groups in total. The van der Waals surface area contributed by atoms with Crippen molar-refractivity contribution >= 4 is 27.3 Å². The summed E-state index contributed by atoms with van der Waals surface area (Å²) in [6.45, 7) is 0. The highest BCUT2D eigenvalue weighted by atomic mass is 32.2. The van der Waals surface area contributed by atoms with Crippen LogP contribution in [0.2, 0.25) is 0 Å². The second-order valence-corrected chi connectivity index (χ2v) is 9.21. The lowest BCUT2D eigenvalue weighted by molar-refractivity contribution is -0.115. The molecular weight excluding hydrogens is 396 g/mol. The number of anilines is 2. The van der Waals surface area contributed by atoms with Crippen LogP contribution < -0.4 is 10.0 Å². The number of para-hydroxylation sites is 1. The molecule has 0 spiro atoms. The summed E-state index contributed by atoms with van der Waals surface area (Å²) >= 11 is 0. The van der Waals surface area contributed by atoms with Crippen LogP contribution in [-0.2, 0) is 34.1 Å². The maximum Gasteiger partial charge on any atom is 0.261 e. The highest BCUT2D eigenvalue weighted by molar-refractivity contribution is 7.92. The molecule has 5 nitrogen and oxygen atoms in total. The van der Waals surface area contributed by atoms with E-state index in [4.69, 9.17) is 0 Å². The van der Waals surface area contributed by atoms with Crippen LogP contribution in [0.4, 0.5) is 11.4 Å². The molecule has 1 aliphatic rings. The topological polar surface area (TPSA) is 75.3 Å². The summed E-state index contributed by atoms with van der Waals surface area (Å²) < 4.78 is 27.5. The van der Waals surface area contributed by atoms with Gasteiger partial charge in [0.05, 0.1) is 11.3 Å². The van der Waals surface area contributed by atoms with Crippen LogP contribution in [0, 0.1) is 0 Å². The van der Waals surface area contributed by atoms with Crippen molar-refractivity contribution in [1.29, 1.82) is 0 Å². The van der Waals surface area contributed by atoms with Crippen LogP contribution in [0.1, 0.15) is 29.5 Å². The quantitative estimate of drug-likeness (QED) is 0.614. The zero-order chi connectivity index (χ0) is 21.0. The van der Waals surface area contributed by atoms with E-state index in [0.717, 1.165) is 18.4 Å². The van der Waals surface area contributed by atoms with Gasteiger partial charge in [-0.15, -0.1) is 0 Å². The number of sulfonamides is 1. The molecule has 0 atom stereocenters. The Morgan fingerprint density at radius 1 is 0.800 bits per heavy atom. The number of carbonyl (C=O) groups is 1. The Morgan fingerprint density at radius 2 is 1.50 bits per heavy atom. The van der Waals surface area contributed by atoms with Crippen LogP contribution in [0.15, 0.2) is 77.7 Å². The molecule has 0 unspecified atom stereocenters. The van der Waals surface area contributed by atoms with E-state index in [1.54, 1.807) is 36.4 Å². The van der Waals surface area contributed by atoms with Crippen LogP contribution in [0.3, 0.4) is 0 Å². The lowest BCUT2D eigenvalue weighted by atomic mass is 9.90. The SMILES string of the molecule is O=C(Cc1ccc2c(c1)CCCC2)Nc1ccc(S(=O)(=O)Nc2ccccc2)cc1. The molecule has 3 aromatic rings. The molecule has 0 radical (unpaired) electrons. The van der Waals surface area contributed by atoms with Gasteiger partial charge < -0.3 is 5.32 Å². The minimum absolute atomic E-state index is 0.122. The molecule has 0 saturated carbocycles. The Balaban J connectivity index is 1.39. The smallest absolute Gasteiger partial charge is 0.261 e. The molecule has 4 rings (SSSR count). The largest absolute Gasteiger partial charge is 0.326 e. The third-order valence-electron chi connectivity index (χ3n) is 5.25. The molecule has 0 heterocycles. The number of benzene rings is 3. The minimum atomic E-state index is -3.68. The molecule has 3 aromatic carbocycles. The summed E-state index contributed by atoms with van der Waals surface area (Å²) in [6.07, 6.45) is 4.94. The number of hydrogen-bond donors (Lipinski definition) is 2. The van der Waals surface area contributed by atoms with Crippen molar-refractivity contribution in [2.24, 2.45) is 0 Å². The van der Waals surface area contributed by atoms with Crippen molar-refractivity contribution < 1.29 is 13.2 Å². The van der Waals surface area contributed by atoms with E-state index in [9.17, 15) is 13.2 Å². The molecule has 0 aromatic heterocycles. The average molecular weight is 421 g/mol. The molecule has 154 valence electrons. The van der Waals surface area contributed by atoms with Gasteiger partial charge in [-0.25, -0.2) is 8.42 Å². The number of aryl methyl sites for hydroxylation is 2. The van der Waals surface area contributed by atoms with Gasteiger partial charge in [-0.05, 0) is 78.8 Å². The second-order valence-electron chi connectivity index (χ2n) is 7.53. The molecule has 30 heavy (non-hydrogen) atoms. The van der Waals surface area contributed by atoms with Gasteiger partial charge in [0.1, 0.15) is 0 Å². The molecule has 0 saturated heterocycles. The Labute approximate surface area is 177 Å². The summed E-state index contributed by atoms with van der Waals surface area (Å²) in [4.78, 5) is 12.6. The fourth-order valence-electron chi connectivity index (χ4n) is 3.73. The first kappa shape index (κ1) is 20.2. The highest BCUT2D eigenvalue weighted by Gasteiger charge is 2.15. The molecular formula is C24H24N2O3S. The van der Waals surface area contributed by atoms with E-state index in [-0.39, 0.29) is 10.8 Å². The Bertz CT molecular complexity index is 1140. The Morgan fingerprint density at radius 3 is 2.23 bits per heavy atom. The fourth-order valence-corrected chi connectivity index (χ4v) is 4.78. The number of amides is 1. The Kier molecular flexibility index (Phi) is 5.86. The van der Waals surface area contributed by atoms with Gasteiger partial charge in [0.2, 0.25) is 5.91 Å². The normalized spacial score (nSPS) is 13.3. The van der Waals surface area contributed by atoms with Crippen molar-refractivity contribution in [3.05, 3.63) is 89.5 Å². The summed E-state index contributed by atoms with van der Waals surface area (Å²) in [5.41, 5.74) is 4.81. The van der Waals surface area contributed by atoms with Crippen LogP contribution in [0.5, 0.6) is 0 Å². The van der Waals surface area contributed by atoms with Crippen molar-refractivity contribution in [3.8, 4) is 0 Å². The number of fused-ring (bicyclic) bond motifs is 1. The lowest BCUT2D eigenvalue weighted by Crippen LogP contribution is -2.16. The van der Waals surface area contributed by atoms with Gasteiger partial charge in [0.25, 0.3) is 10.0 Å². The first-order chi connectivity index (χ1) is 14.5. The number of rotatable bonds is 6. The third-order valence-corrected chi connectivity index (χ3v) is 6.65. The van der Waals surface area contributed by atoms with E-state index >= 15 is 0 Å². The third kappa shape index (κ3) is 4.89. The first-order valence-electron chi connectivity index (χ1n) is 10.1. The summed E-state index contributed by atoms with van der Waals surface area (Å²) in [5.74, 6) is -0.122. The van der Waals surface area contributed by atoms with E-state index in [2.05, 4.69) is 22.2 Å². The zero-order valence-electron chi connectivity index (χ0n) is 16.6. The number of carbonyl (C=O) groups excluding carboxylic acids is 1. The average Bonchev–Trinajstić information content (AvgIpc) is 2.74. The molecule has 1 aliphatic carbocycles. The number of nitrogens with one attached hydrogen (secondary N) is 2. The van der Waals surface area contributed by atoms with Crippen LogP contribution >= 0.6 is 0 Å². The van der Waals surface area contributed by atoms with Gasteiger partial charge in [-0.3, -0.25) is 9.52 Å². The lowest BCUT2D eigenvalue weighted by Gasteiger charge is -2.16. The van der Waals surface area contributed by atoms with Crippen molar-refractivity contribution in [3.63, 3.8) is 0 Å². The standard InChI is InChI=1S/C24H24N2O3S/c27-24(17-18-10-11-19-6-4-5-7-20(19)16-18)25-21-12-14-23(15-13-21)30(28,29)26-22-8-2-1-3-9-22/h1-3,8-16,26H,4-7,17H2,(H,25,27). The molecule has 0 fully saturated rings. The fraction of sp³-hybridized carbons (Fsp3) is 0.208. The molecule has 0 bridgehead atoms. The predicted octanol–water partition coefficient (Wildman–Crippen LogP) is 4.55. The molecule has 0 aliphatic heterocycles. The van der Waals surface area contributed by atoms with Crippen LogP contribution in [0.25, 0.3) is 0 Å². The van der Waals surface area contributed by atoms with E-state index in [1.165, 1.54) is 36.1 Å². The van der Waals surface area contributed by atoms with Crippen molar-refractivity contribution in [2.75, 3.05) is 10.0 Å². The minimum Gasteiger partial charge on any atom is -0.326 e. The van der Waals surface area contributed by atoms with Crippen LogP contribution in [-0.4, -0.2) is 14.3 Å². The zero-order valence-corrected chi connectivity index (χ0v) is 17.4. The van der Waals surface area contributed by atoms with Crippen molar-refractivity contribution in [2.45, 2.75) is 37.0 Å². The van der Waals surface area contributed by atoms with Gasteiger partial charge in [0.15, 0.2) is 0 Å². The highest BCUT2D eigenvalue weighted by Crippen LogP contribution is 2.23. The van der Waals surface area contributed by atoms with Crippen molar-refractivity contribution in [1.82, 2.24) is 0 Å². The van der Waals surface area contributed by atoms with E-state index in [0.29, 0.717) is 17.8 Å². The van der Waals surface area contributed by atoms with E-state index in [1.807, 2.05) is 12.1 Å². The van der Waals surface area contributed by atoms with Gasteiger partial charge in [-0.2, -0.15) is 0 Å². The number of hydrogen-bond acceptors (Lipinski definition) is 3. The maximum atomic E-state index is 12.5. The molecule has 6 heteroatoms. The van der Waals surface area contributed by atoms with Gasteiger partial charge in [-0.1, -0.05) is 36.4 Å². The molecule has 1 amide bonds. The first-order valence-corrected chi connectivity index (χ1v) is 11.6. The second kappa shape index (κ2) is 8.71. The summed E-state index contributed by atoms with van der Waals surface area (Å²) in [5, 5.41) is 2.84. The van der Waals surface area contributed by atoms with Gasteiger partial charge in [0, 0.05) is 11.4 Å². The summed E-state index contributed by atoms with van der Waals surface area (Å²) in [6, 6.07) is 21.2. The predicted molar refractivity (Wildman–Crippen MR) is 119 cm³/mol.